The summed E-state index contributed by atoms with van der Waals surface area (Å²) in [5, 5.41) is 39.8. The molecule has 0 aliphatic heterocycles. The van der Waals surface area contributed by atoms with Crippen LogP contribution in [0.25, 0.3) is 0 Å². The summed E-state index contributed by atoms with van der Waals surface area (Å²) in [6, 6.07) is 36.8. The highest BCUT2D eigenvalue weighted by Gasteiger charge is 2.88. The molecule has 84 heavy (non-hydrogen) atoms. The van der Waals surface area contributed by atoms with E-state index >= 15 is 28.8 Å². The van der Waals surface area contributed by atoms with Gasteiger partial charge in [0, 0.05) is 16.7 Å². The summed E-state index contributed by atoms with van der Waals surface area (Å²) in [6.07, 6.45) is 5.13. The quantitative estimate of drug-likeness (QED) is 0.0220. The third-order valence-electron chi connectivity index (χ3n) is 16.4. The second-order valence-corrected chi connectivity index (χ2v) is 22.5. The number of aliphatic hydroxyl groups is 3. The number of rotatable bonds is 30. The number of hydrogen-bond acceptors (Lipinski definition) is 12. The molecule has 1 aliphatic carbocycles. The van der Waals surface area contributed by atoms with Crippen LogP contribution >= 0.6 is 0 Å². The Morgan fingerprint density at radius 2 is 0.512 bits per heavy atom. The van der Waals surface area contributed by atoms with Crippen molar-refractivity contribution < 1.29 is 58.3 Å². The molecule has 6 atom stereocenters. The van der Waals surface area contributed by atoms with Crippen LogP contribution in [0, 0.1) is 0 Å². The number of carbonyl (C=O) groups is 6. The molecule has 3 N–H and O–H groups in total. The predicted molar refractivity (Wildman–Crippen MR) is 326 cm³/mol. The first-order valence-corrected chi connectivity index (χ1v) is 30.5. The van der Waals surface area contributed by atoms with E-state index in [1.807, 2.05) is 41.5 Å². The van der Waals surface area contributed by atoms with Gasteiger partial charge in [-0.2, -0.15) is 0 Å². The molecule has 6 aromatic rings. The summed E-state index contributed by atoms with van der Waals surface area (Å²) in [6.45, 7) is 12.2. The number of aryl methyl sites for hydroxylation is 6. The molecule has 0 spiro atoms. The van der Waals surface area contributed by atoms with Gasteiger partial charge in [0.2, 0.25) is 17.3 Å². The fourth-order valence-corrected chi connectivity index (χ4v) is 11.2. The van der Waals surface area contributed by atoms with Crippen LogP contribution in [0.3, 0.4) is 0 Å². The molecule has 12 nitrogen and oxygen atoms in total. The van der Waals surface area contributed by atoms with E-state index in [0.717, 1.165) is 110 Å². The lowest BCUT2D eigenvalue weighted by molar-refractivity contribution is -0.293. The molecule has 2 unspecified atom stereocenters. The van der Waals surface area contributed by atoms with Crippen LogP contribution in [-0.2, 0) is 52.7 Å². The topological polar surface area (TPSA) is 191 Å². The Bertz CT molecular complexity index is 3000. The van der Waals surface area contributed by atoms with Crippen LogP contribution in [0.15, 0.2) is 146 Å². The summed E-state index contributed by atoms with van der Waals surface area (Å²) in [5.41, 5.74) is -8.42. The Morgan fingerprint density at radius 3 is 0.738 bits per heavy atom. The van der Waals surface area contributed by atoms with Gasteiger partial charge in [-0.05, 0) is 147 Å². The minimum absolute atomic E-state index is 0.208. The molecule has 0 saturated heterocycles. The summed E-state index contributed by atoms with van der Waals surface area (Å²) in [7, 11) is 0. The molecule has 0 aromatic heterocycles. The van der Waals surface area contributed by atoms with E-state index in [1.165, 1.54) is 72.8 Å². The molecule has 0 heterocycles. The van der Waals surface area contributed by atoms with Gasteiger partial charge in [0.1, 0.15) is 18.3 Å². The van der Waals surface area contributed by atoms with Crippen LogP contribution in [0.2, 0.25) is 0 Å². The molecule has 1 saturated carbocycles. The van der Waals surface area contributed by atoms with E-state index in [9.17, 15) is 15.3 Å². The van der Waals surface area contributed by atoms with E-state index in [2.05, 4.69) is 0 Å². The second kappa shape index (κ2) is 29.9. The maximum absolute atomic E-state index is 17.3. The number of benzene rings is 6. The zero-order valence-electron chi connectivity index (χ0n) is 49.8. The number of esters is 3. The van der Waals surface area contributed by atoms with Crippen LogP contribution in [-0.4, -0.2) is 85.7 Å². The minimum Gasteiger partial charge on any atom is -0.439 e. The SMILES string of the molecule is CCCCc1ccc(C(=O)OC2(C(=O)c3ccc(CCCC)cc3)[C@@](OC(=O)c3ccc(CCCC)cc3)(C(=O)c3ccc(CCCC)cc3)[C@@H](O)C(O)[C@@H](O)[C@@]2(OC(=O)c2ccc(CCCC)cc2)C(=O)c2ccc(CCCC)cc2)cc1. The van der Waals surface area contributed by atoms with E-state index < -0.39 is 70.4 Å². The first-order valence-electron chi connectivity index (χ1n) is 30.5. The third kappa shape index (κ3) is 13.7. The van der Waals surface area contributed by atoms with E-state index in [0.29, 0.717) is 38.5 Å². The largest absolute Gasteiger partial charge is 0.439 e. The Kier molecular flexibility index (Phi) is 22.9. The van der Waals surface area contributed by atoms with Gasteiger partial charge in [0.15, 0.2) is 0 Å². The average molecular weight is 1140 g/mol. The zero-order valence-corrected chi connectivity index (χ0v) is 49.8. The van der Waals surface area contributed by atoms with Crippen molar-refractivity contribution in [2.24, 2.45) is 0 Å². The van der Waals surface area contributed by atoms with Crippen molar-refractivity contribution in [1.29, 1.82) is 0 Å². The second-order valence-electron chi connectivity index (χ2n) is 22.5. The molecular weight excluding hydrogens is 1060 g/mol. The molecule has 7 rings (SSSR count). The first kappa shape index (κ1) is 64.2. The minimum atomic E-state index is -4.00. The third-order valence-corrected chi connectivity index (χ3v) is 16.4. The van der Waals surface area contributed by atoms with Gasteiger partial charge < -0.3 is 29.5 Å². The smallest absolute Gasteiger partial charge is 0.339 e. The number of ketones is 3. The van der Waals surface area contributed by atoms with Gasteiger partial charge in [-0.3, -0.25) is 14.4 Å². The Morgan fingerprint density at radius 1 is 0.310 bits per heavy atom. The van der Waals surface area contributed by atoms with Gasteiger partial charge >= 0.3 is 17.9 Å². The zero-order chi connectivity index (χ0) is 60.4. The predicted octanol–water partition coefficient (Wildman–Crippen LogP) is 13.6. The van der Waals surface area contributed by atoms with Crippen molar-refractivity contribution in [1.82, 2.24) is 0 Å². The number of Topliss-reactive ketones (excluding diaryl/α,β-unsaturated/α-hetero) is 3. The fraction of sp³-hybridized carbons (Fsp3) is 0.417. The van der Waals surface area contributed by atoms with Crippen molar-refractivity contribution in [2.75, 3.05) is 0 Å². The van der Waals surface area contributed by atoms with Gasteiger partial charge in [-0.1, -0.05) is 189 Å². The molecule has 1 fully saturated rings. The maximum Gasteiger partial charge on any atom is 0.339 e. The van der Waals surface area contributed by atoms with Crippen LogP contribution < -0.4 is 0 Å². The monoisotopic (exact) mass is 1140 g/mol. The molecule has 0 bridgehead atoms. The van der Waals surface area contributed by atoms with Crippen molar-refractivity contribution in [2.45, 2.75) is 192 Å². The molecule has 12 heteroatoms. The van der Waals surface area contributed by atoms with E-state index in [-0.39, 0.29) is 33.4 Å². The van der Waals surface area contributed by atoms with Crippen LogP contribution in [0.5, 0.6) is 0 Å². The van der Waals surface area contributed by atoms with Crippen molar-refractivity contribution >= 4 is 35.3 Å². The molecule has 1 aliphatic rings. The summed E-state index contributed by atoms with van der Waals surface area (Å²) in [4.78, 5) is 98.2. The lowest BCUT2D eigenvalue weighted by atomic mass is 9.52. The maximum atomic E-state index is 17.3. The number of hydrogen-bond donors (Lipinski definition) is 3. The van der Waals surface area contributed by atoms with Gasteiger partial charge in [-0.25, -0.2) is 14.4 Å². The van der Waals surface area contributed by atoms with Gasteiger partial charge in [0.05, 0.1) is 16.7 Å². The Labute approximate surface area is 496 Å². The first-order chi connectivity index (χ1) is 40.6. The van der Waals surface area contributed by atoms with Gasteiger partial charge in [-0.15, -0.1) is 0 Å². The molecular formula is C72H84O12. The van der Waals surface area contributed by atoms with Crippen LogP contribution in [0.1, 0.15) is 214 Å². The number of aliphatic hydroxyl groups excluding tert-OH is 3. The Hall–Kier alpha value is -7.38. The lowest BCUT2D eigenvalue weighted by Crippen LogP contribution is -2.91. The fourth-order valence-electron chi connectivity index (χ4n) is 11.2. The highest BCUT2D eigenvalue weighted by atomic mass is 16.7. The highest BCUT2D eigenvalue weighted by molar-refractivity contribution is 6.21. The number of carbonyl (C=O) groups excluding carboxylic acids is 6. The molecule has 444 valence electrons. The lowest BCUT2D eigenvalue weighted by Gasteiger charge is -2.60. The van der Waals surface area contributed by atoms with Gasteiger partial charge in [0.25, 0.3) is 16.8 Å². The number of unbranched alkanes of at least 4 members (excludes halogenated alkanes) is 6. The van der Waals surface area contributed by atoms with Crippen molar-refractivity contribution in [3.63, 3.8) is 0 Å². The van der Waals surface area contributed by atoms with Crippen molar-refractivity contribution in [3.8, 4) is 0 Å². The van der Waals surface area contributed by atoms with Crippen LogP contribution in [0.4, 0.5) is 0 Å². The summed E-state index contributed by atoms with van der Waals surface area (Å²) in [5.74, 6) is -8.51. The Balaban J connectivity index is 1.68. The molecule has 0 radical (unpaired) electrons. The van der Waals surface area contributed by atoms with E-state index in [4.69, 9.17) is 14.2 Å². The normalized spacial score (nSPS) is 20.2. The van der Waals surface area contributed by atoms with E-state index in [1.54, 1.807) is 72.8 Å². The van der Waals surface area contributed by atoms with Crippen molar-refractivity contribution in [3.05, 3.63) is 212 Å². The summed E-state index contributed by atoms with van der Waals surface area (Å²) < 4.78 is 20.2. The summed E-state index contributed by atoms with van der Waals surface area (Å²) >= 11 is 0. The molecule has 0 amide bonds. The average Bonchev–Trinajstić information content (AvgIpc) is 0.679. The standard InChI is InChI=1S/C72H84O12/c1-7-13-19-49-25-37-55(38-26-49)62(74)70(82-67(79)58-43-31-52(32-44-58)22-16-10-4)65(77)61(73)66(78)71(63(75)56-39-27-50(28-40-56)20-14-8-2,83-68(80)59-45-33-53(34-46-59)23-17-11-5)72(70,64(76)57-41-29-51(30-42-57)21-15-9-3)84-69(81)60-47-35-54(36-48-60)24-18-12-6/h25-48,61,65-66,73,77-78H,7-24H2,1-6H3/t61?,65-,66+,70+,71-,72?. The highest BCUT2D eigenvalue weighted by Crippen LogP contribution is 2.56. The number of ether oxygens (including phenoxy) is 3. The molecule has 6 aromatic carbocycles.